The van der Waals surface area contributed by atoms with Crippen LogP contribution in [0.1, 0.15) is 16.9 Å². The molecule has 4 aromatic rings. The van der Waals surface area contributed by atoms with Crippen LogP contribution in [0.15, 0.2) is 76.5 Å². The van der Waals surface area contributed by atoms with Crippen LogP contribution in [-0.2, 0) is 6.54 Å². The minimum atomic E-state index is 0.518. The average molecular weight is 417 g/mol. The Morgan fingerprint density at radius 1 is 1.07 bits per heavy atom. The fourth-order valence-corrected chi connectivity index (χ4v) is 3.79. The third-order valence-corrected chi connectivity index (χ3v) is 5.49. The Hall–Kier alpha value is -3.50. The first-order valence-electron chi connectivity index (χ1n) is 9.52. The number of ether oxygens (including phenoxy) is 1. The van der Waals surface area contributed by atoms with Gasteiger partial charge < -0.3 is 9.15 Å². The Morgan fingerprint density at radius 3 is 2.63 bits per heavy atom. The molecular weight excluding hydrogens is 396 g/mol. The van der Waals surface area contributed by atoms with Gasteiger partial charge in [-0.15, -0.1) is 10.2 Å². The number of furan rings is 1. The van der Waals surface area contributed by atoms with Crippen LogP contribution in [-0.4, -0.2) is 27.1 Å². The van der Waals surface area contributed by atoms with E-state index in [9.17, 15) is 0 Å². The van der Waals surface area contributed by atoms with Gasteiger partial charge in [-0.25, -0.2) is 0 Å². The zero-order chi connectivity index (χ0) is 20.8. The number of nitriles is 1. The second-order valence-electron chi connectivity index (χ2n) is 6.62. The summed E-state index contributed by atoms with van der Waals surface area (Å²) in [5.74, 6) is 3.12. The molecule has 0 radical (unpaired) electrons. The van der Waals surface area contributed by atoms with Gasteiger partial charge in [-0.3, -0.25) is 4.57 Å². The van der Waals surface area contributed by atoms with Crippen molar-refractivity contribution in [3.8, 4) is 23.2 Å². The lowest BCUT2D eigenvalue weighted by atomic mass is 10.1. The summed E-state index contributed by atoms with van der Waals surface area (Å²) in [5, 5.41) is 18.6. The van der Waals surface area contributed by atoms with E-state index in [1.54, 1.807) is 42.3 Å². The molecule has 2 aromatic heterocycles. The quantitative estimate of drug-likeness (QED) is 0.299. The summed E-state index contributed by atoms with van der Waals surface area (Å²) in [6, 6.07) is 21.2. The fourth-order valence-electron chi connectivity index (χ4n) is 3.04. The van der Waals surface area contributed by atoms with Gasteiger partial charge in [-0.1, -0.05) is 36.0 Å². The van der Waals surface area contributed by atoms with Crippen LogP contribution in [0.3, 0.4) is 0 Å². The maximum Gasteiger partial charge on any atom is 0.192 e. The van der Waals surface area contributed by atoms with Crippen LogP contribution in [0.4, 0.5) is 0 Å². The summed E-state index contributed by atoms with van der Waals surface area (Å²) in [5.41, 5.74) is 2.81. The van der Waals surface area contributed by atoms with Crippen LogP contribution < -0.4 is 4.74 Å². The average Bonchev–Trinajstić information content (AvgIpc) is 3.43. The highest BCUT2D eigenvalue weighted by Crippen LogP contribution is 2.27. The number of rotatable bonds is 8. The number of hydrogen-bond acceptors (Lipinski definition) is 6. The highest BCUT2D eigenvalue weighted by atomic mass is 32.2. The van der Waals surface area contributed by atoms with E-state index in [1.807, 2.05) is 24.3 Å². The maximum atomic E-state index is 8.87. The number of aryl methyl sites for hydroxylation is 1. The zero-order valence-corrected chi connectivity index (χ0v) is 17.3. The van der Waals surface area contributed by atoms with E-state index in [0.29, 0.717) is 24.5 Å². The molecule has 0 aliphatic carbocycles. The predicted octanol–water partition coefficient (Wildman–Crippen LogP) is 4.94. The van der Waals surface area contributed by atoms with E-state index < -0.39 is 0 Å². The first-order chi connectivity index (χ1) is 14.7. The topological polar surface area (TPSA) is 76.9 Å². The summed E-state index contributed by atoms with van der Waals surface area (Å²) in [6.45, 7) is 3.14. The Kier molecular flexibility index (Phi) is 6.16. The maximum absolute atomic E-state index is 8.87. The molecule has 0 saturated carbocycles. The molecule has 0 fully saturated rings. The van der Waals surface area contributed by atoms with Crippen molar-refractivity contribution in [3.05, 3.63) is 83.8 Å². The van der Waals surface area contributed by atoms with Gasteiger partial charge in [-0.2, -0.15) is 5.26 Å². The van der Waals surface area contributed by atoms with Crippen LogP contribution in [0.25, 0.3) is 11.4 Å². The molecule has 0 amide bonds. The van der Waals surface area contributed by atoms with Gasteiger partial charge in [0.25, 0.3) is 0 Å². The zero-order valence-electron chi connectivity index (χ0n) is 16.5. The van der Waals surface area contributed by atoms with Crippen molar-refractivity contribution in [1.29, 1.82) is 5.26 Å². The van der Waals surface area contributed by atoms with Crippen molar-refractivity contribution < 1.29 is 9.15 Å². The first-order valence-corrected chi connectivity index (χ1v) is 10.5. The monoisotopic (exact) mass is 416 g/mol. The molecule has 0 atom stereocenters. The molecule has 150 valence electrons. The molecule has 0 saturated heterocycles. The molecule has 30 heavy (non-hydrogen) atoms. The lowest BCUT2D eigenvalue weighted by molar-refractivity contribution is 0.344. The molecule has 0 bridgehead atoms. The minimum absolute atomic E-state index is 0.518. The molecule has 0 unspecified atom stereocenters. The van der Waals surface area contributed by atoms with Crippen molar-refractivity contribution in [2.75, 3.05) is 12.4 Å². The summed E-state index contributed by atoms with van der Waals surface area (Å²) in [6.07, 6.45) is 1.67. The van der Waals surface area contributed by atoms with Crippen molar-refractivity contribution >= 4 is 11.8 Å². The SMILES string of the molecule is Cc1ccccc1-c1nnc(SCCOc2ccc(C#N)cc2)n1Cc1ccco1. The Balaban J connectivity index is 1.48. The Labute approximate surface area is 179 Å². The molecule has 6 nitrogen and oxygen atoms in total. The predicted molar refractivity (Wildman–Crippen MR) is 115 cm³/mol. The van der Waals surface area contributed by atoms with Crippen LogP contribution in [0.2, 0.25) is 0 Å². The van der Waals surface area contributed by atoms with E-state index in [0.717, 1.165) is 33.6 Å². The van der Waals surface area contributed by atoms with Gasteiger partial charge in [-0.05, 0) is 48.9 Å². The number of nitrogens with zero attached hydrogens (tertiary/aromatic N) is 4. The molecule has 0 aliphatic rings. The van der Waals surface area contributed by atoms with E-state index in [4.69, 9.17) is 14.4 Å². The number of thioether (sulfide) groups is 1. The van der Waals surface area contributed by atoms with Crippen molar-refractivity contribution in [2.24, 2.45) is 0 Å². The number of hydrogen-bond donors (Lipinski definition) is 0. The lowest BCUT2D eigenvalue weighted by Gasteiger charge is -2.11. The minimum Gasteiger partial charge on any atom is -0.493 e. The van der Waals surface area contributed by atoms with Crippen LogP contribution in [0, 0.1) is 18.3 Å². The highest BCUT2D eigenvalue weighted by Gasteiger charge is 2.17. The largest absolute Gasteiger partial charge is 0.493 e. The van der Waals surface area contributed by atoms with Gasteiger partial charge >= 0.3 is 0 Å². The molecule has 2 aromatic carbocycles. The third kappa shape index (κ3) is 4.56. The molecular formula is C23H20N4O2S. The van der Waals surface area contributed by atoms with E-state index in [1.165, 1.54) is 0 Å². The molecule has 0 spiro atoms. The van der Waals surface area contributed by atoms with Gasteiger partial charge in [0, 0.05) is 11.3 Å². The summed E-state index contributed by atoms with van der Waals surface area (Å²) in [4.78, 5) is 0. The van der Waals surface area contributed by atoms with E-state index in [2.05, 4.69) is 39.9 Å². The molecule has 7 heteroatoms. The lowest BCUT2D eigenvalue weighted by Crippen LogP contribution is -2.06. The second kappa shape index (κ2) is 9.33. The Morgan fingerprint density at radius 2 is 1.90 bits per heavy atom. The van der Waals surface area contributed by atoms with Crippen LogP contribution in [0.5, 0.6) is 5.75 Å². The first kappa shape index (κ1) is 19.8. The smallest absolute Gasteiger partial charge is 0.192 e. The van der Waals surface area contributed by atoms with Gasteiger partial charge in [0.1, 0.15) is 11.5 Å². The van der Waals surface area contributed by atoms with Gasteiger partial charge in [0.15, 0.2) is 11.0 Å². The van der Waals surface area contributed by atoms with E-state index in [-0.39, 0.29) is 0 Å². The van der Waals surface area contributed by atoms with Gasteiger partial charge in [0.05, 0.1) is 31.0 Å². The van der Waals surface area contributed by atoms with Gasteiger partial charge in [0.2, 0.25) is 0 Å². The van der Waals surface area contributed by atoms with Crippen molar-refractivity contribution in [2.45, 2.75) is 18.6 Å². The molecule has 0 N–H and O–H groups in total. The third-order valence-electron chi connectivity index (χ3n) is 4.56. The summed E-state index contributed by atoms with van der Waals surface area (Å²) < 4.78 is 13.4. The highest BCUT2D eigenvalue weighted by molar-refractivity contribution is 7.99. The summed E-state index contributed by atoms with van der Waals surface area (Å²) in [7, 11) is 0. The molecule has 2 heterocycles. The second-order valence-corrected chi connectivity index (χ2v) is 7.68. The Bertz CT molecular complexity index is 1140. The number of benzene rings is 2. The fraction of sp³-hybridized carbons (Fsp3) is 0.174. The van der Waals surface area contributed by atoms with Crippen molar-refractivity contribution in [1.82, 2.24) is 14.8 Å². The summed E-state index contributed by atoms with van der Waals surface area (Å²) >= 11 is 1.59. The number of aromatic nitrogens is 3. The molecule has 0 aliphatic heterocycles. The van der Waals surface area contributed by atoms with Crippen LogP contribution >= 0.6 is 11.8 Å². The van der Waals surface area contributed by atoms with E-state index >= 15 is 0 Å². The normalized spacial score (nSPS) is 10.7. The van der Waals surface area contributed by atoms with Crippen molar-refractivity contribution in [3.63, 3.8) is 0 Å². The molecule has 4 rings (SSSR count). The standard InChI is InChI=1S/C23H20N4O2S/c1-17-5-2-3-7-21(17)22-25-26-23(27(22)16-20-6-4-12-28-20)30-14-13-29-19-10-8-18(15-24)9-11-19/h2-12H,13-14,16H2,1H3.